The van der Waals surface area contributed by atoms with E-state index in [1.54, 1.807) is 4.90 Å². The van der Waals surface area contributed by atoms with Crippen LogP contribution >= 0.6 is 0 Å². The van der Waals surface area contributed by atoms with Gasteiger partial charge in [0.1, 0.15) is 0 Å². The van der Waals surface area contributed by atoms with Crippen molar-refractivity contribution in [3.8, 4) is 0 Å². The summed E-state index contributed by atoms with van der Waals surface area (Å²) >= 11 is 0. The summed E-state index contributed by atoms with van der Waals surface area (Å²) in [5, 5.41) is 3.35. The normalized spacial score (nSPS) is 20.2. The third-order valence-electron chi connectivity index (χ3n) is 2.79. The monoisotopic (exact) mass is 184 g/mol. The first kappa shape index (κ1) is 10.5. The average Bonchev–Trinajstić information content (AvgIpc) is 2.53. The molecule has 0 spiro atoms. The summed E-state index contributed by atoms with van der Waals surface area (Å²) in [6.07, 6.45) is 4.34. The molecule has 0 atom stereocenters. The van der Waals surface area contributed by atoms with E-state index in [2.05, 4.69) is 12.2 Å². The van der Waals surface area contributed by atoms with Gasteiger partial charge in [0.25, 0.3) is 0 Å². The molecule has 0 unspecified atom stereocenters. The van der Waals surface area contributed by atoms with Gasteiger partial charge in [-0.25, -0.2) is 0 Å². The van der Waals surface area contributed by atoms with Crippen LogP contribution < -0.4 is 5.32 Å². The van der Waals surface area contributed by atoms with E-state index in [-0.39, 0.29) is 11.4 Å². The van der Waals surface area contributed by atoms with E-state index < -0.39 is 0 Å². The van der Waals surface area contributed by atoms with Crippen molar-refractivity contribution in [1.82, 2.24) is 10.2 Å². The van der Waals surface area contributed by atoms with Gasteiger partial charge in [0.15, 0.2) is 0 Å². The first-order valence-corrected chi connectivity index (χ1v) is 5.09. The molecule has 1 aliphatic rings. The average molecular weight is 184 g/mol. The van der Waals surface area contributed by atoms with Gasteiger partial charge in [-0.1, -0.05) is 19.8 Å². The van der Waals surface area contributed by atoms with Crippen LogP contribution in [0.1, 0.15) is 32.6 Å². The first-order valence-electron chi connectivity index (χ1n) is 5.09. The highest BCUT2D eigenvalue weighted by Gasteiger charge is 2.40. The summed E-state index contributed by atoms with van der Waals surface area (Å²) in [6, 6.07) is 0. The summed E-state index contributed by atoms with van der Waals surface area (Å²) in [7, 11) is 3.67. The summed E-state index contributed by atoms with van der Waals surface area (Å²) in [6.45, 7) is 2.93. The van der Waals surface area contributed by atoms with Gasteiger partial charge in [0, 0.05) is 14.1 Å². The van der Waals surface area contributed by atoms with Gasteiger partial charge in [0.05, 0.1) is 5.54 Å². The second-order valence-corrected chi connectivity index (χ2v) is 4.02. The van der Waals surface area contributed by atoms with E-state index in [1.165, 1.54) is 12.8 Å². The first-order chi connectivity index (χ1) is 6.12. The Labute approximate surface area is 80.5 Å². The Kier molecular flexibility index (Phi) is 3.31. The van der Waals surface area contributed by atoms with Crippen LogP contribution in [0.3, 0.4) is 0 Å². The van der Waals surface area contributed by atoms with Gasteiger partial charge in [-0.2, -0.15) is 0 Å². The molecule has 0 heterocycles. The molecule has 0 saturated heterocycles. The maximum Gasteiger partial charge on any atom is 0.242 e. The molecular formula is C10H20N2O. The molecule has 0 aliphatic heterocycles. The van der Waals surface area contributed by atoms with E-state index in [0.717, 1.165) is 19.4 Å². The second-order valence-electron chi connectivity index (χ2n) is 4.02. The van der Waals surface area contributed by atoms with Crippen LogP contribution in [0, 0.1) is 0 Å². The van der Waals surface area contributed by atoms with E-state index in [4.69, 9.17) is 0 Å². The molecule has 1 fully saturated rings. The molecule has 1 aliphatic carbocycles. The minimum Gasteiger partial charge on any atom is -0.347 e. The molecule has 13 heavy (non-hydrogen) atoms. The Morgan fingerprint density at radius 2 is 1.92 bits per heavy atom. The summed E-state index contributed by atoms with van der Waals surface area (Å²) in [4.78, 5) is 13.6. The number of nitrogens with zero attached hydrogens (tertiary/aromatic N) is 1. The molecular weight excluding hydrogens is 164 g/mol. The summed E-state index contributed by atoms with van der Waals surface area (Å²) in [5.74, 6) is 0.242. The van der Waals surface area contributed by atoms with Crippen LogP contribution in [0.2, 0.25) is 0 Å². The van der Waals surface area contributed by atoms with Crippen LogP contribution in [0.15, 0.2) is 0 Å². The lowest BCUT2D eigenvalue weighted by molar-refractivity contribution is -0.135. The van der Waals surface area contributed by atoms with E-state index in [9.17, 15) is 4.79 Å². The minimum atomic E-state index is -0.238. The van der Waals surface area contributed by atoms with E-state index in [1.807, 2.05) is 14.1 Å². The summed E-state index contributed by atoms with van der Waals surface area (Å²) in [5.41, 5.74) is -0.238. The van der Waals surface area contributed by atoms with Crippen molar-refractivity contribution in [1.29, 1.82) is 0 Å². The van der Waals surface area contributed by atoms with Crippen molar-refractivity contribution >= 4 is 5.91 Å². The fourth-order valence-electron chi connectivity index (χ4n) is 2.21. The molecule has 3 heteroatoms. The quantitative estimate of drug-likeness (QED) is 0.709. The highest BCUT2D eigenvalue weighted by atomic mass is 16.2. The van der Waals surface area contributed by atoms with E-state index in [0.29, 0.717) is 0 Å². The Balaban J connectivity index is 2.71. The van der Waals surface area contributed by atoms with Gasteiger partial charge in [0.2, 0.25) is 5.91 Å². The fraction of sp³-hybridized carbons (Fsp3) is 0.900. The molecule has 1 N–H and O–H groups in total. The van der Waals surface area contributed by atoms with Crippen molar-refractivity contribution in [2.24, 2.45) is 0 Å². The van der Waals surface area contributed by atoms with Crippen molar-refractivity contribution < 1.29 is 4.79 Å². The molecule has 1 saturated carbocycles. The lowest BCUT2D eigenvalue weighted by atomic mass is 9.96. The number of hydrogen-bond acceptors (Lipinski definition) is 2. The zero-order valence-electron chi connectivity index (χ0n) is 8.89. The van der Waals surface area contributed by atoms with Gasteiger partial charge in [-0.3, -0.25) is 4.79 Å². The van der Waals surface area contributed by atoms with Gasteiger partial charge < -0.3 is 10.2 Å². The van der Waals surface area contributed by atoms with Crippen molar-refractivity contribution in [3.63, 3.8) is 0 Å². The highest BCUT2D eigenvalue weighted by Crippen LogP contribution is 2.30. The van der Waals surface area contributed by atoms with Crippen molar-refractivity contribution in [2.75, 3.05) is 20.6 Å². The minimum absolute atomic E-state index is 0.238. The van der Waals surface area contributed by atoms with Gasteiger partial charge in [-0.05, 0) is 19.4 Å². The topological polar surface area (TPSA) is 32.3 Å². The second kappa shape index (κ2) is 4.09. The number of carbonyl (C=O) groups is 1. The third-order valence-corrected chi connectivity index (χ3v) is 2.79. The van der Waals surface area contributed by atoms with Crippen LogP contribution in [0.25, 0.3) is 0 Å². The Morgan fingerprint density at radius 3 is 2.31 bits per heavy atom. The van der Waals surface area contributed by atoms with Crippen molar-refractivity contribution in [3.05, 3.63) is 0 Å². The van der Waals surface area contributed by atoms with Crippen LogP contribution in [-0.2, 0) is 4.79 Å². The molecule has 0 aromatic rings. The number of likely N-dealkylation sites (N-methyl/N-ethyl adjacent to an activating group) is 2. The smallest absolute Gasteiger partial charge is 0.242 e. The molecule has 1 amide bonds. The number of nitrogens with one attached hydrogen (secondary N) is 1. The number of carbonyl (C=O) groups excluding carboxylic acids is 1. The van der Waals surface area contributed by atoms with Crippen molar-refractivity contribution in [2.45, 2.75) is 38.1 Å². The lowest BCUT2D eigenvalue weighted by Crippen LogP contribution is -2.54. The maximum absolute atomic E-state index is 11.9. The molecule has 0 aromatic heterocycles. The standard InChI is InChI=1S/C10H20N2O/c1-4-11-10(7-5-6-8-10)9(13)12(2)3/h11H,4-8H2,1-3H3. The zero-order chi connectivity index (χ0) is 9.90. The summed E-state index contributed by atoms with van der Waals surface area (Å²) < 4.78 is 0. The van der Waals surface area contributed by atoms with E-state index >= 15 is 0 Å². The molecule has 0 aromatic carbocycles. The Morgan fingerprint density at radius 1 is 1.38 bits per heavy atom. The van der Waals surface area contributed by atoms with Gasteiger partial charge in [-0.15, -0.1) is 0 Å². The number of amides is 1. The molecule has 76 valence electrons. The number of hydrogen-bond donors (Lipinski definition) is 1. The largest absolute Gasteiger partial charge is 0.347 e. The zero-order valence-corrected chi connectivity index (χ0v) is 8.89. The molecule has 0 radical (unpaired) electrons. The molecule has 0 bridgehead atoms. The van der Waals surface area contributed by atoms with Gasteiger partial charge >= 0.3 is 0 Å². The molecule has 3 nitrogen and oxygen atoms in total. The van der Waals surface area contributed by atoms with Crippen LogP contribution in [-0.4, -0.2) is 37.0 Å². The fourth-order valence-corrected chi connectivity index (χ4v) is 2.21. The molecule has 1 rings (SSSR count). The number of rotatable bonds is 3. The predicted octanol–water partition coefficient (Wildman–Crippen LogP) is 0.997. The van der Waals surface area contributed by atoms with Crippen LogP contribution in [0.4, 0.5) is 0 Å². The Bertz CT molecular complexity index is 183. The Hall–Kier alpha value is -0.570. The highest BCUT2D eigenvalue weighted by molar-refractivity contribution is 5.86. The third kappa shape index (κ3) is 2.02. The van der Waals surface area contributed by atoms with Crippen LogP contribution in [0.5, 0.6) is 0 Å². The SMILES string of the molecule is CCNC1(C(=O)N(C)C)CCCC1. The lowest BCUT2D eigenvalue weighted by Gasteiger charge is -2.31. The maximum atomic E-state index is 11.9. The predicted molar refractivity (Wildman–Crippen MR) is 53.6 cm³/mol.